The molecule has 1 N–H and O–H groups in total. The molecule has 5 heteroatoms. The van der Waals surface area contributed by atoms with E-state index in [1.807, 2.05) is 6.92 Å². The second kappa shape index (κ2) is 3.77. The summed E-state index contributed by atoms with van der Waals surface area (Å²) in [6, 6.07) is 4.84. The zero-order chi connectivity index (χ0) is 11.7. The van der Waals surface area contributed by atoms with Crippen LogP contribution in [0.3, 0.4) is 0 Å². The molecule has 0 spiro atoms. The normalized spacial score (nSPS) is 10.4. The van der Waals surface area contributed by atoms with Crippen molar-refractivity contribution < 1.29 is 14.3 Å². The molecule has 0 radical (unpaired) electrons. The van der Waals surface area contributed by atoms with Gasteiger partial charge >= 0.3 is 5.97 Å². The lowest BCUT2D eigenvalue weighted by Crippen LogP contribution is -2.15. The fourth-order valence-electron chi connectivity index (χ4n) is 1.49. The summed E-state index contributed by atoms with van der Waals surface area (Å²) in [5.41, 5.74) is 1.79. The minimum absolute atomic E-state index is 0.294. The second-order valence-corrected chi connectivity index (χ2v) is 3.37. The van der Waals surface area contributed by atoms with Gasteiger partial charge in [-0.25, -0.2) is 9.78 Å². The molecular weight excluding hydrogens is 208 g/mol. The Labute approximate surface area is 91.4 Å². The molecule has 0 unspecified atom stereocenters. The average Bonchev–Trinajstić information content (AvgIpc) is 2.65. The van der Waals surface area contributed by atoms with Crippen LogP contribution in [0.25, 0.3) is 11.0 Å². The van der Waals surface area contributed by atoms with Gasteiger partial charge in [-0.3, -0.25) is 4.79 Å². The van der Waals surface area contributed by atoms with Crippen molar-refractivity contribution in [3.63, 3.8) is 0 Å². The van der Waals surface area contributed by atoms with Crippen LogP contribution in [0.5, 0.6) is 0 Å². The topological polar surface area (TPSA) is 72.1 Å². The van der Waals surface area contributed by atoms with Crippen molar-refractivity contribution >= 4 is 22.8 Å². The third kappa shape index (κ3) is 1.67. The van der Waals surface area contributed by atoms with E-state index in [2.05, 4.69) is 14.7 Å². The van der Waals surface area contributed by atoms with E-state index in [0.29, 0.717) is 5.56 Å². The number of methoxy groups -OCH3 is 1. The van der Waals surface area contributed by atoms with Crippen LogP contribution >= 0.6 is 0 Å². The number of Topliss-reactive ketones (excluding diaryl/α,β-unsaturated/α-hetero) is 1. The molecule has 1 heterocycles. The maximum Gasteiger partial charge on any atom is 0.379 e. The van der Waals surface area contributed by atoms with Gasteiger partial charge < -0.3 is 9.72 Å². The third-order valence-corrected chi connectivity index (χ3v) is 2.23. The average molecular weight is 218 g/mol. The number of hydrogen-bond acceptors (Lipinski definition) is 4. The standard InChI is InChI=1S/C11H10N2O3/c1-6-12-8-4-3-7(5-9(8)13-6)10(14)11(15)16-2/h3-5H,1-2H3,(H,12,13). The lowest BCUT2D eigenvalue weighted by Gasteiger charge is -1.98. The summed E-state index contributed by atoms with van der Waals surface area (Å²) in [5, 5.41) is 0. The summed E-state index contributed by atoms with van der Waals surface area (Å²) in [6.07, 6.45) is 0. The molecule has 16 heavy (non-hydrogen) atoms. The molecule has 1 aromatic carbocycles. The van der Waals surface area contributed by atoms with Crippen molar-refractivity contribution in [1.29, 1.82) is 0 Å². The van der Waals surface area contributed by atoms with Gasteiger partial charge in [0, 0.05) is 5.56 Å². The van der Waals surface area contributed by atoms with Crippen LogP contribution in [-0.4, -0.2) is 28.8 Å². The van der Waals surface area contributed by atoms with E-state index < -0.39 is 11.8 Å². The monoisotopic (exact) mass is 218 g/mol. The zero-order valence-corrected chi connectivity index (χ0v) is 8.90. The van der Waals surface area contributed by atoms with Crippen molar-refractivity contribution in [2.75, 3.05) is 7.11 Å². The Bertz CT molecular complexity index is 572. The Balaban J connectivity index is 2.46. The predicted octanol–water partition coefficient (Wildman–Crippen LogP) is 1.23. The highest BCUT2D eigenvalue weighted by Crippen LogP contribution is 2.14. The first kappa shape index (κ1) is 10.4. The van der Waals surface area contributed by atoms with Gasteiger partial charge in [-0.05, 0) is 25.1 Å². The fourth-order valence-corrected chi connectivity index (χ4v) is 1.49. The van der Waals surface area contributed by atoms with Gasteiger partial charge in [0.25, 0.3) is 5.78 Å². The number of imidazole rings is 1. The number of hydrogen-bond donors (Lipinski definition) is 1. The van der Waals surface area contributed by atoms with Gasteiger partial charge in [0.1, 0.15) is 5.82 Å². The lowest BCUT2D eigenvalue weighted by atomic mass is 10.1. The van der Waals surface area contributed by atoms with Gasteiger partial charge in [0.2, 0.25) is 0 Å². The summed E-state index contributed by atoms with van der Waals surface area (Å²) >= 11 is 0. The Morgan fingerprint density at radius 3 is 2.81 bits per heavy atom. The number of aryl methyl sites for hydroxylation is 1. The van der Waals surface area contributed by atoms with Gasteiger partial charge in [-0.1, -0.05) is 0 Å². The molecule has 5 nitrogen and oxygen atoms in total. The van der Waals surface area contributed by atoms with Crippen LogP contribution in [0.2, 0.25) is 0 Å². The highest BCUT2D eigenvalue weighted by molar-refractivity contribution is 6.40. The first-order valence-electron chi connectivity index (χ1n) is 4.71. The zero-order valence-electron chi connectivity index (χ0n) is 8.90. The lowest BCUT2D eigenvalue weighted by molar-refractivity contribution is -0.135. The second-order valence-electron chi connectivity index (χ2n) is 3.37. The Kier molecular flexibility index (Phi) is 2.44. The van der Waals surface area contributed by atoms with E-state index in [1.54, 1.807) is 18.2 Å². The predicted molar refractivity (Wildman–Crippen MR) is 57.2 cm³/mol. The van der Waals surface area contributed by atoms with Crippen LogP contribution in [0.1, 0.15) is 16.2 Å². The van der Waals surface area contributed by atoms with E-state index >= 15 is 0 Å². The summed E-state index contributed by atoms with van der Waals surface area (Å²) in [6.45, 7) is 1.82. The molecule has 0 saturated heterocycles. The summed E-state index contributed by atoms with van der Waals surface area (Å²) in [7, 11) is 1.18. The van der Waals surface area contributed by atoms with Crippen molar-refractivity contribution in [2.24, 2.45) is 0 Å². The largest absolute Gasteiger partial charge is 0.463 e. The number of carbonyl (C=O) groups excluding carboxylic acids is 2. The molecule has 0 atom stereocenters. The first-order chi connectivity index (χ1) is 7.61. The molecule has 2 rings (SSSR count). The minimum Gasteiger partial charge on any atom is -0.463 e. The van der Waals surface area contributed by atoms with E-state index in [9.17, 15) is 9.59 Å². The number of aromatic nitrogens is 2. The molecule has 0 aliphatic rings. The quantitative estimate of drug-likeness (QED) is 0.467. The summed E-state index contributed by atoms with van der Waals surface area (Å²) in [4.78, 5) is 29.8. The van der Waals surface area contributed by atoms with Crippen molar-refractivity contribution in [3.05, 3.63) is 29.6 Å². The Morgan fingerprint density at radius 2 is 2.12 bits per heavy atom. The number of aromatic amines is 1. The van der Waals surface area contributed by atoms with E-state index in [1.165, 1.54) is 7.11 Å². The van der Waals surface area contributed by atoms with Crippen molar-refractivity contribution in [3.8, 4) is 0 Å². The number of ether oxygens (including phenoxy) is 1. The molecule has 82 valence electrons. The van der Waals surface area contributed by atoms with Crippen LogP contribution in [0.15, 0.2) is 18.2 Å². The molecule has 1 aromatic heterocycles. The molecule has 0 bridgehead atoms. The minimum atomic E-state index is -0.865. The van der Waals surface area contributed by atoms with Crippen molar-refractivity contribution in [2.45, 2.75) is 6.92 Å². The van der Waals surface area contributed by atoms with Gasteiger partial charge in [0.15, 0.2) is 0 Å². The Morgan fingerprint density at radius 1 is 1.38 bits per heavy atom. The molecule has 0 aliphatic heterocycles. The summed E-state index contributed by atoms with van der Waals surface area (Å²) in [5.74, 6) is -0.759. The van der Waals surface area contributed by atoms with Crippen LogP contribution in [0, 0.1) is 6.92 Å². The number of H-pyrrole nitrogens is 1. The van der Waals surface area contributed by atoms with Gasteiger partial charge in [-0.2, -0.15) is 0 Å². The third-order valence-electron chi connectivity index (χ3n) is 2.23. The van der Waals surface area contributed by atoms with Crippen LogP contribution in [0.4, 0.5) is 0 Å². The first-order valence-corrected chi connectivity index (χ1v) is 4.71. The number of ketones is 1. The van der Waals surface area contributed by atoms with Crippen LogP contribution in [-0.2, 0) is 9.53 Å². The highest BCUT2D eigenvalue weighted by atomic mass is 16.5. The highest BCUT2D eigenvalue weighted by Gasteiger charge is 2.17. The summed E-state index contributed by atoms with van der Waals surface area (Å²) < 4.78 is 4.37. The number of nitrogens with zero attached hydrogens (tertiary/aromatic N) is 1. The molecule has 0 fully saturated rings. The number of esters is 1. The molecular formula is C11H10N2O3. The smallest absolute Gasteiger partial charge is 0.379 e. The molecule has 0 saturated carbocycles. The SMILES string of the molecule is COC(=O)C(=O)c1ccc2nc(C)[nH]c2c1. The van der Waals surface area contributed by atoms with Gasteiger partial charge in [0.05, 0.1) is 18.1 Å². The fraction of sp³-hybridized carbons (Fsp3) is 0.182. The number of fused-ring (bicyclic) bond motifs is 1. The van der Waals surface area contributed by atoms with Crippen LogP contribution < -0.4 is 0 Å². The maximum atomic E-state index is 11.5. The van der Waals surface area contributed by atoms with Crippen molar-refractivity contribution in [1.82, 2.24) is 9.97 Å². The Hall–Kier alpha value is -2.17. The molecule has 2 aromatic rings. The van der Waals surface area contributed by atoms with E-state index in [-0.39, 0.29) is 0 Å². The number of nitrogens with one attached hydrogen (secondary N) is 1. The molecule has 0 aliphatic carbocycles. The number of carbonyl (C=O) groups is 2. The maximum absolute atomic E-state index is 11.5. The van der Waals surface area contributed by atoms with Gasteiger partial charge in [-0.15, -0.1) is 0 Å². The number of rotatable bonds is 2. The number of benzene rings is 1. The molecule has 0 amide bonds. The van der Waals surface area contributed by atoms with E-state index in [4.69, 9.17) is 0 Å². The van der Waals surface area contributed by atoms with E-state index in [0.717, 1.165) is 16.9 Å².